The van der Waals surface area contributed by atoms with Crippen LogP contribution >= 0.6 is 0 Å². The fourth-order valence-electron chi connectivity index (χ4n) is 0.787. The molecule has 0 radical (unpaired) electrons. The normalized spacial score (nSPS) is 8.93. The molecule has 6 heteroatoms. The zero-order valence-electron chi connectivity index (χ0n) is 7.30. The van der Waals surface area contributed by atoms with Crippen molar-refractivity contribution in [2.24, 2.45) is 0 Å². The second-order valence-electron chi connectivity index (χ2n) is 2.36. The van der Waals surface area contributed by atoms with Gasteiger partial charge in [-0.3, -0.25) is 8.78 Å². The predicted octanol–water partition coefficient (Wildman–Crippen LogP) is -0.643. The van der Waals surface area contributed by atoms with E-state index < -0.39 is 34.4 Å². The quantitative estimate of drug-likeness (QED) is 0.257. The summed E-state index contributed by atoms with van der Waals surface area (Å²) >= 11 is 0. The molecule has 0 aliphatic heterocycles. The molecule has 0 spiro atoms. The van der Waals surface area contributed by atoms with Crippen molar-refractivity contribution in [3.63, 3.8) is 0 Å². The van der Waals surface area contributed by atoms with E-state index in [1.165, 1.54) is 0 Å². The largest absolute Gasteiger partial charge is 2.00 e. The Labute approximate surface area is 106 Å². The molecule has 1 aromatic rings. The van der Waals surface area contributed by atoms with Gasteiger partial charge in [0.25, 0.3) is 0 Å². The smallest absolute Gasteiger partial charge is 1.00 e. The number of rotatable bonds is 0. The van der Waals surface area contributed by atoms with Crippen LogP contribution in [0.4, 0.5) is 17.6 Å². The van der Waals surface area contributed by atoms with Gasteiger partial charge < -0.3 is 17.0 Å². The van der Waals surface area contributed by atoms with E-state index in [-0.39, 0.29) is 40.0 Å². The van der Waals surface area contributed by atoms with Crippen LogP contribution in [0.2, 0.25) is 0 Å². The minimum Gasteiger partial charge on any atom is -1.00 e. The average Bonchev–Trinajstić information content (AvgIpc) is 2.08. The first-order valence-electron chi connectivity index (χ1n) is 3.11. The van der Waals surface area contributed by atoms with E-state index in [4.69, 9.17) is 0 Å². The van der Waals surface area contributed by atoms with Gasteiger partial charge >= 0.3 is 23.1 Å². The van der Waals surface area contributed by atoms with Gasteiger partial charge in [-0.15, -0.1) is 5.56 Å². The van der Waals surface area contributed by atoms with Crippen molar-refractivity contribution in [2.75, 3.05) is 0 Å². The average molecular weight is 281 g/mol. The Kier molecular flexibility index (Phi) is 6.85. The van der Waals surface area contributed by atoms with E-state index in [2.05, 4.69) is 6.92 Å². The molecule has 0 aliphatic carbocycles. The molecule has 0 aliphatic rings. The Bertz CT molecular complexity index is 236. The second-order valence-corrected chi connectivity index (χ2v) is 2.36. The van der Waals surface area contributed by atoms with E-state index in [0.29, 0.717) is 0 Å². The number of hydrogen-bond acceptors (Lipinski definition) is 0. The van der Waals surface area contributed by atoms with Crippen LogP contribution in [0.15, 0.2) is 0 Å². The van der Waals surface area contributed by atoms with Gasteiger partial charge in [0.05, 0.1) is 11.6 Å². The maximum atomic E-state index is 12.6. The van der Waals surface area contributed by atoms with Gasteiger partial charge in [0.2, 0.25) is 0 Å². The summed E-state index contributed by atoms with van der Waals surface area (Å²) in [5.41, 5.74) is -1.55. The Hall–Kier alpha value is 0.0562. The van der Waals surface area contributed by atoms with Crippen LogP contribution in [0.5, 0.6) is 0 Å². The minimum absolute atomic E-state index is 0. The van der Waals surface area contributed by atoms with Gasteiger partial charge in [0.1, 0.15) is 11.6 Å². The summed E-state index contributed by atoms with van der Waals surface area (Å²) in [4.78, 5) is 0. The van der Waals surface area contributed by atoms with Gasteiger partial charge in [-0.05, 0) is 6.92 Å². The Balaban J connectivity index is 0. The molecular formula is C8H5BrF4Mg. The Morgan fingerprint density at radius 3 is 1.43 bits per heavy atom. The summed E-state index contributed by atoms with van der Waals surface area (Å²) in [5, 5.41) is 0. The SMILES string of the molecule is [Br-].[CH2-]c1c(F)c(F)c(C)c(F)c1F.[Mg+2]. The van der Waals surface area contributed by atoms with Crippen molar-refractivity contribution in [1.29, 1.82) is 0 Å². The summed E-state index contributed by atoms with van der Waals surface area (Å²) in [6.07, 6.45) is 0. The van der Waals surface area contributed by atoms with Crippen LogP contribution in [0.25, 0.3) is 0 Å². The summed E-state index contributed by atoms with van der Waals surface area (Å²) in [6, 6.07) is 0. The summed E-state index contributed by atoms with van der Waals surface area (Å²) in [6.45, 7) is 3.81. The van der Waals surface area contributed by atoms with Gasteiger partial charge in [-0.25, -0.2) is 8.78 Å². The summed E-state index contributed by atoms with van der Waals surface area (Å²) in [5.74, 6) is -5.66. The molecular weight excluding hydrogens is 276 g/mol. The molecule has 0 fully saturated rings. The topological polar surface area (TPSA) is 0 Å². The molecule has 0 amide bonds. The molecule has 0 heterocycles. The Morgan fingerprint density at radius 1 is 0.857 bits per heavy atom. The van der Waals surface area contributed by atoms with Gasteiger partial charge in [0, 0.05) is 5.56 Å². The van der Waals surface area contributed by atoms with E-state index in [1.54, 1.807) is 0 Å². The van der Waals surface area contributed by atoms with E-state index in [9.17, 15) is 17.6 Å². The molecule has 0 aromatic heterocycles. The molecule has 0 saturated carbocycles. The molecule has 14 heavy (non-hydrogen) atoms. The first-order valence-corrected chi connectivity index (χ1v) is 3.11. The van der Waals surface area contributed by atoms with Crippen LogP contribution in [-0.2, 0) is 0 Å². The number of benzene rings is 1. The maximum absolute atomic E-state index is 12.6. The minimum atomic E-state index is -1.44. The summed E-state index contributed by atoms with van der Waals surface area (Å²) < 4.78 is 50.4. The van der Waals surface area contributed by atoms with Gasteiger partial charge in [-0.2, -0.15) is 6.92 Å². The van der Waals surface area contributed by atoms with Crippen molar-refractivity contribution in [3.05, 3.63) is 41.3 Å². The molecule has 0 bridgehead atoms. The monoisotopic (exact) mass is 280 g/mol. The third kappa shape index (κ3) is 2.55. The standard InChI is InChI=1S/C8H5F4.BrH.Mg/c1-3-5(9)7(11)4(2)8(12)6(3)10;;/h1H2,2H3;1H;/q-1;;+2/p-1. The molecule has 0 N–H and O–H groups in total. The molecule has 74 valence electrons. The fraction of sp³-hybridized carbons (Fsp3) is 0.125. The van der Waals surface area contributed by atoms with Crippen molar-refractivity contribution in [1.82, 2.24) is 0 Å². The van der Waals surface area contributed by atoms with Crippen molar-refractivity contribution in [3.8, 4) is 0 Å². The van der Waals surface area contributed by atoms with E-state index in [0.717, 1.165) is 6.92 Å². The fourth-order valence-corrected chi connectivity index (χ4v) is 0.787. The van der Waals surface area contributed by atoms with E-state index in [1.807, 2.05) is 0 Å². The van der Waals surface area contributed by atoms with Crippen LogP contribution in [-0.4, -0.2) is 23.1 Å². The first-order chi connectivity index (χ1) is 5.46. The third-order valence-corrected chi connectivity index (χ3v) is 1.57. The second kappa shape index (κ2) is 5.82. The van der Waals surface area contributed by atoms with Crippen molar-refractivity contribution in [2.45, 2.75) is 6.92 Å². The van der Waals surface area contributed by atoms with Crippen molar-refractivity contribution >= 4 is 23.1 Å². The molecule has 0 saturated heterocycles. The van der Waals surface area contributed by atoms with E-state index >= 15 is 0 Å². The molecule has 0 atom stereocenters. The summed E-state index contributed by atoms with van der Waals surface area (Å²) in [7, 11) is 0. The molecule has 1 rings (SSSR count). The molecule has 0 unspecified atom stereocenters. The van der Waals surface area contributed by atoms with Crippen LogP contribution in [0.3, 0.4) is 0 Å². The zero-order valence-corrected chi connectivity index (χ0v) is 10.3. The van der Waals surface area contributed by atoms with Crippen LogP contribution < -0.4 is 17.0 Å². The van der Waals surface area contributed by atoms with Gasteiger partial charge in [0.15, 0.2) is 0 Å². The molecule has 0 nitrogen and oxygen atoms in total. The Morgan fingerprint density at radius 2 is 1.14 bits per heavy atom. The maximum Gasteiger partial charge on any atom is 2.00 e. The predicted molar refractivity (Wildman–Crippen MR) is 41.2 cm³/mol. The molecule has 1 aromatic carbocycles. The van der Waals surface area contributed by atoms with Crippen LogP contribution in [0.1, 0.15) is 11.1 Å². The number of hydrogen-bond donors (Lipinski definition) is 0. The van der Waals surface area contributed by atoms with Gasteiger partial charge in [-0.1, -0.05) is 0 Å². The van der Waals surface area contributed by atoms with Crippen LogP contribution in [0, 0.1) is 37.1 Å². The zero-order chi connectivity index (χ0) is 9.46. The number of halogens is 5. The third-order valence-electron chi connectivity index (χ3n) is 1.57. The first kappa shape index (κ1) is 16.5. The van der Waals surface area contributed by atoms with Crippen molar-refractivity contribution < 1.29 is 34.5 Å².